The number of likely N-dealkylation sites (tertiary alicyclic amines) is 1. The summed E-state index contributed by atoms with van der Waals surface area (Å²) in [5, 5.41) is 13.3. The van der Waals surface area contributed by atoms with Crippen LogP contribution in [0.2, 0.25) is 0 Å². The summed E-state index contributed by atoms with van der Waals surface area (Å²) in [7, 11) is 0. The van der Waals surface area contributed by atoms with Gasteiger partial charge in [-0.05, 0) is 56.0 Å². The van der Waals surface area contributed by atoms with Crippen LogP contribution in [-0.2, 0) is 14.3 Å². The van der Waals surface area contributed by atoms with Crippen molar-refractivity contribution in [2.24, 2.45) is 11.7 Å². The molecule has 23 heavy (non-hydrogen) atoms. The molecule has 1 aromatic heterocycles. The molecule has 1 aliphatic heterocycles. The van der Waals surface area contributed by atoms with Gasteiger partial charge >= 0.3 is 11.9 Å². The second-order valence-electron chi connectivity index (χ2n) is 6.81. The number of esters is 1. The summed E-state index contributed by atoms with van der Waals surface area (Å²) in [6.45, 7) is 5.97. The van der Waals surface area contributed by atoms with Crippen LogP contribution in [0.3, 0.4) is 0 Å². The summed E-state index contributed by atoms with van der Waals surface area (Å²) in [4.78, 5) is 25.8. The summed E-state index contributed by atoms with van der Waals surface area (Å²) in [6.07, 6.45) is 0.660. The lowest BCUT2D eigenvalue weighted by Gasteiger charge is -2.41. The average molecular weight is 340 g/mol. The van der Waals surface area contributed by atoms with Gasteiger partial charge in [0.05, 0.1) is 12.1 Å². The number of nitrogens with zero attached hydrogens (tertiary/aromatic N) is 1. The molecule has 0 spiro atoms. The van der Waals surface area contributed by atoms with E-state index in [1.54, 1.807) is 11.0 Å². The van der Waals surface area contributed by atoms with Gasteiger partial charge in [-0.3, -0.25) is 14.5 Å². The molecule has 2 heterocycles. The highest BCUT2D eigenvalue weighted by Gasteiger charge is 2.41. The minimum atomic E-state index is -0.955. The van der Waals surface area contributed by atoms with Gasteiger partial charge in [-0.15, -0.1) is 0 Å². The van der Waals surface area contributed by atoms with E-state index in [-0.39, 0.29) is 5.97 Å². The van der Waals surface area contributed by atoms with Gasteiger partial charge in [0.1, 0.15) is 11.6 Å². The fourth-order valence-corrected chi connectivity index (χ4v) is 3.57. The molecule has 7 heteroatoms. The number of carbonyl (C=O) groups excluding carboxylic acids is 1. The molecule has 1 saturated heterocycles. The van der Waals surface area contributed by atoms with E-state index in [0.29, 0.717) is 24.9 Å². The maximum absolute atomic E-state index is 12.4. The smallest absolute Gasteiger partial charge is 0.325 e. The van der Waals surface area contributed by atoms with Crippen molar-refractivity contribution in [2.45, 2.75) is 51.4 Å². The zero-order chi connectivity index (χ0) is 17.2. The Morgan fingerprint density at radius 3 is 2.70 bits per heavy atom. The van der Waals surface area contributed by atoms with Crippen LogP contribution in [0, 0.1) is 5.92 Å². The van der Waals surface area contributed by atoms with Crippen molar-refractivity contribution >= 4 is 23.3 Å². The Hall–Kier alpha value is -1.44. The maximum Gasteiger partial charge on any atom is 0.325 e. The molecule has 2 rings (SSSR count). The number of thiophene rings is 1. The van der Waals surface area contributed by atoms with E-state index in [4.69, 9.17) is 10.5 Å². The van der Waals surface area contributed by atoms with Crippen LogP contribution in [-0.4, -0.2) is 40.3 Å². The highest BCUT2D eigenvalue weighted by Crippen LogP contribution is 2.32. The monoisotopic (exact) mass is 340 g/mol. The second kappa shape index (κ2) is 6.98. The van der Waals surface area contributed by atoms with E-state index >= 15 is 0 Å². The fraction of sp³-hybridized carbons (Fsp3) is 0.625. The molecule has 0 radical (unpaired) electrons. The van der Waals surface area contributed by atoms with E-state index in [0.717, 1.165) is 0 Å². The molecule has 1 aliphatic rings. The first kappa shape index (κ1) is 17.9. The number of ether oxygens (including phenoxy) is 1. The molecule has 1 aromatic rings. The number of carboxylic acids is 1. The molecule has 3 N–H and O–H groups in total. The van der Waals surface area contributed by atoms with Crippen molar-refractivity contribution in [1.29, 1.82) is 0 Å². The van der Waals surface area contributed by atoms with Crippen molar-refractivity contribution in [3.8, 4) is 0 Å². The van der Waals surface area contributed by atoms with Crippen molar-refractivity contribution < 1.29 is 19.4 Å². The number of hydrogen-bond acceptors (Lipinski definition) is 6. The van der Waals surface area contributed by atoms with Gasteiger partial charge in [-0.2, -0.15) is 11.3 Å². The van der Waals surface area contributed by atoms with Gasteiger partial charge in [0.15, 0.2) is 0 Å². The van der Waals surface area contributed by atoms with Crippen molar-refractivity contribution in [2.75, 3.05) is 6.54 Å². The normalized spacial score (nSPS) is 24.2. The van der Waals surface area contributed by atoms with E-state index < -0.39 is 29.7 Å². The quantitative estimate of drug-likeness (QED) is 0.816. The Bertz CT molecular complexity index is 553. The number of hydrogen-bond donors (Lipinski definition) is 2. The third kappa shape index (κ3) is 4.31. The average Bonchev–Trinajstić information content (AvgIpc) is 2.92. The molecule has 3 atom stereocenters. The van der Waals surface area contributed by atoms with E-state index in [9.17, 15) is 14.7 Å². The topological polar surface area (TPSA) is 92.9 Å². The Balaban J connectivity index is 2.19. The molecule has 0 bridgehead atoms. The summed E-state index contributed by atoms with van der Waals surface area (Å²) in [5.41, 5.74) is 6.37. The molecular formula is C16H24N2O4S. The van der Waals surface area contributed by atoms with Crippen LogP contribution in [0.1, 0.15) is 45.2 Å². The number of carbonyl (C=O) groups is 2. The summed E-state index contributed by atoms with van der Waals surface area (Å²) in [5.74, 6) is -1.82. The van der Waals surface area contributed by atoms with Gasteiger partial charge in [0, 0.05) is 6.54 Å². The summed E-state index contributed by atoms with van der Waals surface area (Å²) >= 11 is 1.44. The standard InChI is InChI=1S/C16H24N2O4S/c1-16(2,3)22-15(21)11-5-4-7-18(13(11)17)12(14(19)20)10-6-8-23-9-10/h6,8-9,11-13H,4-5,7,17H2,1-3H3,(H,19,20)/t11-,12+,13-/m1/s1. The van der Waals surface area contributed by atoms with Crippen LogP contribution in [0.15, 0.2) is 16.8 Å². The second-order valence-corrected chi connectivity index (χ2v) is 7.59. The summed E-state index contributed by atoms with van der Waals surface area (Å²) < 4.78 is 5.44. The minimum Gasteiger partial charge on any atom is -0.480 e. The zero-order valence-corrected chi connectivity index (χ0v) is 14.5. The molecule has 0 saturated carbocycles. The maximum atomic E-state index is 12.4. The number of carboxylic acid groups (broad SMARTS) is 1. The summed E-state index contributed by atoms with van der Waals surface area (Å²) in [6, 6.07) is 0.953. The molecule has 0 aliphatic carbocycles. The predicted molar refractivity (Wildman–Crippen MR) is 87.9 cm³/mol. The van der Waals surface area contributed by atoms with Crippen LogP contribution in [0.4, 0.5) is 0 Å². The minimum absolute atomic E-state index is 0.357. The lowest BCUT2D eigenvalue weighted by molar-refractivity contribution is -0.167. The predicted octanol–water partition coefficient (Wildman–Crippen LogP) is 2.21. The SMILES string of the molecule is CC(C)(C)OC(=O)[C@@H]1CCCN([C@H](C(=O)O)c2ccsc2)[C@H]1N. The van der Waals surface area contributed by atoms with Crippen molar-refractivity contribution in [1.82, 2.24) is 4.90 Å². The Morgan fingerprint density at radius 1 is 1.48 bits per heavy atom. The van der Waals surface area contributed by atoms with Crippen molar-refractivity contribution in [3.63, 3.8) is 0 Å². The molecule has 128 valence electrons. The molecular weight excluding hydrogens is 316 g/mol. The Labute approximate surface area is 140 Å². The molecule has 0 aromatic carbocycles. The van der Waals surface area contributed by atoms with E-state index in [1.807, 2.05) is 31.5 Å². The fourth-order valence-electron chi connectivity index (χ4n) is 2.89. The van der Waals surface area contributed by atoms with Gasteiger partial charge < -0.3 is 15.6 Å². The number of aliphatic carboxylic acids is 1. The van der Waals surface area contributed by atoms with Gasteiger partial charge in [0.2, 0.25) is 0 Å². The van der Waals surface area contributed by atoms with E-state index in [1.165, 1.54) is 11.3 Å². The first-order chi connectivity index (χ1) is 10.7. The van der Waals surface area contributed by atoms with Gasteiger partial charge in [-0.1, -0.05) is 0 Å². The Kier molecular flexibility index (Phi) is 5.44. The zero-order valence-electron chi connectivity index (χ0n) is 13.7. The van der Waals surface area contributed by atoms with Gasteiger partial charge in [0.25, 0.3) is 0 Å². The molecule has 1 fully saturated rings. The Morgan fingerprint density at radius 2 is 2.17 bits per heavy atom. The first-order valence-corrected chi connectivity index (χ1v) is 8.64. The van der Waals surface area contributed by atoms with Crippen LogP contribution in [0.5, 0.6) is 0 Å². The van der Waals surface area contributed by atoms with E-state index in [2.05, 4.69) is 0 Å². The third-order valence-corrected chi connectivity index (χ3v) is 4.56. The number of piperidine rings is 1. The van der Waals surface area contributed by atoms with Crippen LogP contribution < -0.4 is 5.73 Å². The third-order valence-electron chi connectivity index (χ3n) is 3.86. The lowest BCUT2D eigenvalue weighted by atomic mass is 9.92. The number of rotatable bonds is 4. The lowest BCUT2D eigenvalue weighted by Crippen LogP contribution is -2.56. The first-order valence-electron chi connectivity index (χ1n) is 7.70. The molecule has 6 nitrogen and oxygen atoms in total. The number of nitrogens with two attached hydrogens (primary N) is 1. The molecule has 0 unspecified atom stereocenters. The largest absolute Gasteiger partial charge is 0.480 e. The van der Waals surface area contributed by atoms with Crippen LogP contribution >= 0.6 is 11.3 Å². The molecule has 0 amide bonds. The van der Waals surface area contributed by atoms with Crippen molar-refractivity contribution in [3.05, 3.63) is 22.4 Å². The van der Waals surface area contributed by atoms with Crippen LogP contribution in [0.25, 0.3) is 0 Å². The van der Waals surface area contributed by atoms with Gasteiger partial charge in [-0.25, -0.2) is 0 Å². The highest BCUT2D eigenvalue weighted by molar-refractivity contribution is 7.08. The highest BCUT2D eigenvalue weighted by atomic mass is 32.1.